The Morgan fingerprint density at radius 3 is 2.89 bits per heavy atom. The van der Waals surface area contributed by atoms with Crippen LogP contribution in [0.25, 0.3) is 11.3 Å². The normalized spacial score (nSPS) is 10.5. The van der Waals surface area contributed by atoms with Gasteiger partial charge in [-0.3, -0.25) is 4.79 Å². The van der Waals surface area contributed by atoms with Gasteiger partial charge in [0.25, 0.3) is 0 Å². The zero-order valence-electron chi connectivity index (χ0n) is 10.7. The van der Waals surface area contributed by atoms with Crippen LogP contribution in [0.15, 0.2) is 18.2 Å². The van der Waals surface area contributed by atoms with Crippen LogP contribution in [-0.4, -0.2) is 10.9 Å². The lowest BCUT2D eigenvalue weighted by molar-refractivity contribution is -0.115. The van der Waals surface area contributed by atoms with Gasteiger partial charge in [0.2, 0.25) is 5.91 Å². The van der Waals surface area contributed by atoms with E-state index in [2.05, 4.69) is 10.3 Å². The third-order valence-corrected chi connectivity index (χ3v) is 3.88. The molecule has 0 bridgehead atoms. The summed E-state index contributed by atoms with van der Waals surface area (Å²) in [5.74, 6) is -0.0763. The van der Waals surface area contributed by atoms with E-state index in [1.54, 1.807) is 6.92 Å². The summed E-state index contributed by atoms with van der Waals surface area (Å²) in [5.41, 5.74) is 8.49. The number of rotatable bonds is 3. The quantitative estimate of drug-likeness (QED) is 0.907. The highest BCUT2D eigenvalue weighted by atomic mass is 35.5. The smallest absolute Gasteiger partial charge is 0.225 e. The van der Waals surface area contributed by atoms with Gasteiger partial charge in [0, 0.05) is 17.0 Å². The van der Waals surface area contributed by atoms with Crippen molar-refractivity contribution in [2.45, 2.75) is 20.3 Å². The first-order chi connectivity index (χ1) is 9.01. The molecule has 0 saturated carbocycles. The van der Waals surface area contributed by atoms with Gasteiger partial charge in [-0.2, -0.15) is 0 Å². The fourth-order valence-corrected chi connectivity index (χ4v) is 2.48. The molecule has 0 radical (unpaired) electrons. The second kappa shape index (κ2) is 5.59. The van der Waals surface area contributed by atoms with Gasteiger partial charge in [-0.1, -0.05) is 35.9 Å². The van der Waals surface area contributed by atoms with E-state index in [-0.39, 0.29) is 5.91 Å². The topological polar surface area (TPSA) is 68.0 Å². The van der Waals surface area contributed by atoms with Crippen LogP contribution in [0, 0.1) is 6.92 Å². The van der Waals surface area contributed by atoms with Gasteiger partial charge >= 0.3 is 0 Å². The second-order valence-electron chi connectivity index (χ2n) is 4.10. The maximum Gasteiger partial charge on any atom is 0.225 e. The highest BCUT2D eigenvalue weighted by molar-refractivity contribution is 7.20. The molecule has 6 heteroatoms. The number of aromatic nitrogens is 1. The zero-order valence-corrected chi connectivity index (χ0v) is 12.2. The lowest BCUT2D eigenvalue weighted by atomic mass is 10.1. The Morgan fingerprint density at radius 2 is 2.26 bits per heavy atom. The molecule has 0 aliphatic carbocycles. The molecule has 1 aromatic carbocycles. The minimum Gasteiger partial charge on any atom is -0.389 e. The number of hydrogen-bond donors (Lipinski definition) is 2. The molecular formula is C13H14ClN3OS. The summed E-state index contributed by atoms with van der Waals surface area (Å²) in [4.78, 5) is 15.7. The molecule has 0 aliphatic rings. The summed E-state index contributed by atoms with van der Waals surface area (Å²) in [6, 6.07) is 5.61. The molecule has 0 spiro atoms. The third-order valence-electron chi connectivity index (χ3n) is 2.65. The van der Waals surface area contributed by atoms with E-state index < -0.39 is 0 Å². The van der Waals surface area contributed by atoms with E-state index >= 15 is 0 Å². The second-order valence-corrected chi connectivity index (χ2v) is 5.54. The molecule has 100 valence electrons. The van der Waals surface area contributed by atoms with Gasteiger partial charge in [-0.25, -0.2) is 4.98 Å². The molecule has 0 unspecified atom stereocenters. The number of aryl methyl sites for hydroxylation is 1. The Kier molecular flexibility index (Phi) is 4.07. The summed E-state index contributed by atoms with van der Waals surface area (Å²) in [6.45, 7) is 3.71. The van der Waals surface area contributed by atoms with E-state index in [0.29, 0.717) is 27.3 Å². The van der Waals surface area contributed by atoms with E-state index in [4.69, 9.17) is 17.3 Å². The lowest BCUT2D eigenvalue weighted by Gasteiger charge is -2.02. The maximum atomic E-state index is 11.3. The minimum atomic E-state index is -0.0763. The summed E-state index contributed by atoms with van der Waals surface area (Å²) in [5, 5.41) is 4.51. The molecule has 0 atom stereocenters. The van der Waals surface area contributed by atoms with Gasteiger partial charge in [0.05, 0.1) is 0 Å². The lowest BCUT2D eigenvalue weighted by Crippen LogP contribution is -2.08. The van der Waals surface area contributed by atoms with Crippen LogP contribution in [0.2, 0.25) is 5.02 Å². The highest BCUT2D eigenvalue weighted by Gasteiger charge is 2.12. The van der Waals surface area contributed by atoms with Crippen molar-refractivity contribution in [3.8, 4) is 11.3 Å². The van der Waals surface area contributed by atoms with Crippen molar-refractivity contribution in [3.63, 3.8) is 0 Å². The SMILES string of the molecule is CCC(=O)Nc1nc(-c2ccc(Cl)c(C)c2)c(N)s1. The molecule has 19 heavy (non-hydrogen) atoms. The summed E-state index contributed by atoms with van der Waals surface area (Å²) in [6.07, 6.45) is 0.412. The number of thiazole rings is 1. The highest BCUT2D eigenvalue weighted by Crippen LogP contribution is 2.34. The standard InChI is InChI=1S/C13H14ClN3OS/c1-3-10(18)16-13-17-11(12(15)19-13)8-4-5-9(14)7(2)6-8/h4-6H,3,15H2,1-2H3,(H,16,17,18). The number of hydrogen-bond acceptors (Lipinski definition) is 4. The fourth-order valence-electron chi connectivity index (χ4n) is 1.59. The Balaban J connectivity index is 2.34. The van der Waals surface area contributed by atoms with Crippen LogP contribution in [0.4, 0.5) is 10.1 Å². The molecule has 1 amide bonds. The van der Waals surface area contributed by atoms with Crippen molar-refractivity contribution >= 4 is 39.0 Å². The van der Waals surface area contributed by atoms with E-state index in [1.807, 2.05) is 25.1 Å². The molecule has 2 aromatic rings. The molecule has 1 heterocycles. The largest absolute Gasteiger partial charge is 0.389 e. The van der Waals surface area contributed by atoms with Crippen LogP contribution in [0.1, 0.15) is 18.9 Å². The third kappa shape index (κ3) is 3.05. The van der Waals surface area contributed by atoms with Crippen molar-refractivity contribution in [1.82, 2.24) is 4.98 Å². The molecule has 3 N–H and O–H groups in total. The molecule has 1 aromatic heterocycles. The fraction of sp³-hybridized carbons (Fsp3) is 0.231. The number of carbonyl (C=O) groups excluding carboxylic acids is 1. The number of nitrogens with zero attached hydrogens (tertiary/aromatic N) is 1. The van der Waals surface area contributed by atoms with Gasteiger partial charge in [0.15, 0.2) is 5.13 Å². The first-order valence-electron chi connectivity index (χ1n) is 5.84. The van der Waals surface area contributed by atoms with Crippen molar-refractivity contribution < 1.29 is 4.79 Å². The number of nitrogen functional groups attached to an aromatic ring is 1. The number of halogens is 1. The van der Waals surface area contributed by atoms with Crippen molar-refractivity contribution in [2.24, 2.45) is 0 Å². The number of nitrogens with two attached hydrogens (primary N) is 1. The van der Waals surface area contributed by atoms with Gasteiger partial charge in [-0.05, 0) is 24.6 Å². The van der Waals surface area contributed by atoms with Crippen molar-refractivity contribution in [3.05, 3.63) is 28.8 Å². The van der Waals surface area contributed by atoms with E-state index in [1.165, 1.54) is 11.3 Å². The molecule has 0 aliphatic heterocycles. The average molecular weight is 296 g/mol. The van der Waals surface area contributed by atoms with E-state index in [9.17, 15) is 4.79 Å². The predicted octanol–water partition coefficient (Wildman–Crippen LogP) is 3.70. The number of carbonyl (C=O) groups is 1. The van der Waals surface area contributed by atoms with Gasteiger partial charge in [0.1, 0.15) is 10.7 Å². The number of benzene rings is 1. The summed E-state index contributed by atoms with van der Waals surface area (Å²) < 4.78 is 0. The molecule has 0 saturated heterocycles. The molecular weight excluding hydrogens is 282 g/mol. The number of anilines is 2. The van der Waals surface area contributed by atoms with Crippen molar-refractivity contribution in [1.29, 1.82) is 0 Å². The predicted molar refractivity (Wildman–Crippen MR) is 80.6 cm³/mol. The van der Waals surface area contributed by atoms with Gasteiger partial charge < -0.3 is 11.1 Å². The molecule has 2 rings (SSSR count). The monoisotopic (exact) mass is 295 g/mol. The van der Waals surface area contributed by atoms with Crippen LogP contribution in [-0.2, 0) is 4.79 Å². The minimum absolute atomic E-state index is 0.0763. The molecule has 4 nitrogen and oxygen atoms in total. The van der Waals surface area contributed by atoms with Crippen LogP contribution in [0.3, 0.4) is 0 Å². The van der Waals surface area contributed by atoms with Crippen LogP contribution in [0.5, 0.6) is 0 Å². The van der Waals surface area contributed by atoms with Crippen LogP contribution >= 0.6 is 22.9 Å². The Morgan fingerprint density at radius 1 is 1.53 bits per heavy atom. The summed E-state index contributed by atoms with van der Waals surface area (Å²) >= 11 is 7.26. The van der Waals surface area contributed by atoms with Crippen LogP contribution < -0.4 is 11.1 Å². The zero-order chi connectivity index (χ0) is 14.0. The first-order valence-corrected chi connectivity index (χ1v) is 7.03. The van der Waals surface area contributed by atoms with E-state index in [0.717, 1.165) is 11.1 Å². The average Bonchev–Trinajstić information content (AvgIpc) is 2.73. The Labute approximate surface area is 120 Å². The Bertz CT molecular complexity index is 624. The summed E-state index contributed by atoms with van der Waals surface area (Å²) in [7, 11) is 0. The molecule has 0 fully saturated rings. The maximum absolute atomic E-state index is 11.3. The number of amides is 1. The number of nitrogens with one attached hydrogen (secondary N) is 1. The van der Waals surface area contributed by atoms with Gasteiger partial charge in [-0.15, -0.1) is 0 Å². The Hall–Kier alpha value is -1.59. The van der Waals surface area contributed by atoms with Crippen molar-refractivity contribution in [2.75, 3.05) is 11.1 Å². The first kappa shape index (κ1) is 13.8.